The largest absolute Gasteiger partial charge is 0.451 e. The van der Waals surface area contributed by atoms with E-state index in [0.29, 0.717) is 23.3 Å². The molecule has 0 saturated heterocycles. The van der Waals surface area contributed by atoms with Gasteiger partial charge in [0.15, 0.2) is 17.2 Å². The molecular formula is C24H29ClO4. The highest BCUT2D eigenvalue weighted by atomic mass is 35.5. The van der Waals surface area contributed by atoms with Crippen LogP contribution in [0.4, 0.5) is 0 Å². The molecule has 5 aliphatic carbocycles. The molecule has 5 heteroatoms. The van der Waals surface area contributed by atoms with Gasteiger partial charge in [-0.1, -0.05) is 31.5 Å². The molecule has 156 valence electrons. The molecular weight excluding hydrogens is 388 g/mol. The zero-order valence-corrected chi connectivity index (χ0v) is 18.3. The average Bonchev–Trinajstić information content (AvgIpc) is 3.39. The van der Waals surface area contributed by atoms with Gasteiger partial charge in [0.2, 0.25) is 0 Å². The Morgan fingerprint density at radius 1 is 1.10 bits per heavy atom. The van der Waals surface area contributed by atoms with Gasteiger partial charge < -0.3 is 4.74 Å². The summed E-state index contributed by atoms with van der Waals surface area (Å²) in [4.78, 5) is 37.1. The second-order valence-electron chi connectivity index (χ2n) is 10.5. The minimum absolute atomic E-state index is 0.0423. The van der Waals surface area contributed by atoms with E-state index in [-0.39, 0.29) is 46.1 Å². The van der Waals surface area contributed by atoms with Gasteiger partial charge in [0.25, 0.3) is 0 Å². The highest BCUT2D eigenvalue weighted by Crippen LogP contribution is 2.72. The molecule has 4 nitrogen and oxygen atoms in total. The molecule has 29 heavy (non-hydrogen) atoms. The fraction of sp³-hybridized carbons (Fsp3) is 0.708. The van der Waals surface area contributed by atoms with Crippen molar-refractivity contribution >= 4 is 29.1 Å². The minimum Gasteiger partial charge on any atom is -0.451 e. The van der Waals surface area contributed by atoms with Gasteiger partial charge in [-0.3, -0.25) is 14.4 Å². The summed E-state index contributed by atoms with van der Waals surface area (Å²) in [5, 5.41) is 0.713. The van der Waals surface area contributed by atoms with Crippen molar-refractivity contribution < 1.29 is 19.1 Å². The maximum absolute atomic E-state index is 12.8. The highest BCUT2D eigenvalue weighted by molar-refractivity contribution is 6.32. The summed E-state index contributed by atoms with van der Waals surface area (Å²) < 4.78 is 5.82. The van der Waals surface area contributed by atoms with Gasteiger partial charge in [-0.2, -0.15) is 0 Å². The molecule has 0 amide bonds. The van der Waals surface area contributed by atoms with Gasteiger partial charge in [0, 0.05) is 28.7 Å². The third kappa shape index (κ3) is 2.24. The summed E-state index contributed by atoms with van der Waals surface area (Å²) in [5.74, 6) is 1.27. The molecule has 0 heterocycles. The fourth-order valence-corrected chi connectivity index (χ4v) is 8.43. The van der Waals surface area contributed by atoms with Crippen LogP contribution in [0.2, 0.25) is 0 Å². The first-order valence-electron chi connectivity index (χ1n) is 10.9. The summed E-state index contributed by atoms with van der Waals surface area (Å²) in [5.41, 5.74) is -0.455. The summed E-state index contributed by atoms with van der Waals surface area (Å²) in [6.07, 6.45) is 8.18. The van der Waals surface area contributed by atoms with Crippen molar-refractivity contribution in [3.05, 3.63) is 22.8 Å². The van der Waals surface area contributed by atoms with Crippen LogP contribution in [0.1, 0.15) is 59.8 Å². The Labute approximate surface area is 177 Å². The van der Waals surface area contributed by atoms with Crippen molar-refractivity contribution in [2.75, 3.05) is 0 Å². The van der Waals surface area contributed by atoms with E-state index in [4.69, 9.17) is 16.3 Å². The van der Waals surface area contributed by atoms with E-state index in [0.717, 1.165) is 31.3 Å². The Morgan fingerprint density at radius 2 is 1.79 bits per heavy atom. The Balaban J connectivity index is 1.60. The lowest BCUT2D eigenvalue weighted by Crippen LogP contribution is -2.58. The van der Waals surface area contributed by atoms with Crippen molar-refractivity contribution in [2.24, 2.45) is 40.4 Å². The van der Waals surface area contributed by atoms with Crippen LogP contribution in [0, 0.1) is 40.4 Å². The quantitative estimate of drug-likeness (QED) is 0.617. The van der Waals surface area contributed by atoms with E-state index in [2.05, 4.69) is 19.9 Å². The molecule has 0 radical (unpaired) electrons. The second kappa shape index (κ2) is 5.84. The molecule has 0 aromatic carbocycles. The molecule has 0 unspecified atom stereocenters. The Kier molecular flexibility index (Phi) is 3.93. The van der Waals surface area contributed by atoms with Crippen molar-refractivity contribution in [1.29, 1.82) is 0 Å². The van der Waals surface area contributed by atoms with Crippen LogP contribution >= 0.6 is 11.6 Å². The van der Waals surface area contributed by atoms with E-state index < -0.39 is 5.60 Å². The molecule has 3 fully saturated rings. The predicted molar refractivity (Wildman–Crippen MR) is 109 cm³/mol. The second-order valence-corrected chi connectivity index (χ2v) is 10.9. The lowest BCUT2D eigenvalue weighted by atomic mass is 9.47. The summed E-state index contributed by atoms with van der Waals surface area (Å²) in [6, 6.07) is 0. The molecule has 0 spiro atoms. The number of allylic oxidation sites excluding steroid dienone is 4. The number of fused-ring (bicyclic) bond motifs is 7. The van der Waals surface area contributed by atoms with E-state index in [1.807, 2.05) is 6.08 Å². The number of ether oxygens (including phenoxy) is 1. The van der Waals surface area contributed by atoms with Gasteiger partial charge in [-0.15, -0.1) is 0 Å². The molecule has 0 aromatic heterocycles. The normalized spacial score (nSPS) is 49.7. The predicted octanol–water partition coefficient (Wildman–Crippen LogP) is 4.61. The van der Waals surface area contributed by atoms with Crippen molar-refractivity contribution in [1.82, 2.24) is 0 Å². The molecule has 3 saturated carbocycles. The van der Waals surface area contributed by atoms with E-state index >= 15 is 0 Å². The third-order valence-electron chi connectivity index (χ3n) is 9.50. The molecule has 0 aliphatic heterocycles. The first kappa shape index (κ1) is 19.5. The zero-order valence-electron chi connectivity index (χ0n) is 17.6. The fourth-order valence-electron chi connectivity index (χ4n) is 8.03. The van der Waals surface area contributed by atoms with Gasteiger partial charge in [-0.05, 0) is 74.3 Å². The lowest BCUT2D eigenvalue weighted by Gasteiger charge is -2.57. The number of carbonyl (C=O) groups is 3. The van der Waals surface area contributed by atoms with E-state index in [1.54, 1.807) is 6.92 Å². The van der Waals surface area contributed by atoms with Gasteiger partial charge in [-0.25, -0.2) is 0 Å². The van der Waals surface area contributed by atoms with Crippen LogP contribution < -0.4 is 0 Å². The first-order valence-corrected chi connectivity index (χ1v) is 11.3. The van der Waals surface area contributed by atoms with Crippen LogP contribution in [-0.2, 0) is 19.1 Å². The van der Waals surface area contributed by atoms with E-state index in [1.165, 1.54) is 6.92 Å². The van der Waals surface area contributed by atoms with Gasteiger partial charge in [0.05, 0.1) is 0 Å². The zero-order chi connectivity index (χ0) is 20.9. The average molecular weight is 417 g/mol. The number of hydrogen-bond donors (Lipinski definition) is 0. The highest BCUT2D eigenvalue weighted by Gasteiger charge is 2.70. The number of halogens is 1. The summed E-state index contributed by atoms with van der Waals surface area (Å²) in [7, 11) is 0. The maximum atomic E-state index is 12.8. The minimum atomic E-state index is -1.03. The number of ketones is 2. The van der Waals surface area contributed by atoms with Crippen LogP contribution in [0.3, 0.4) is 0 Å². The number of esters is 1. The Hall–Kier alpha value is -1.42. The van der Waals surface area contributed by atoms with Gasteiger partial charge in [0.1, 0.15) is 0 Å². The third-order valence-corrected chi connectivity index (χ3v) is 9.83. The summed E-state index contributed by atoms with van der Waals surface area (Å²) in [6.45, 7) is 7.42. The smallest absolute Gasteiger partial charge is 0.303 e. The number of Topliss-reactive ketones (excluding diaryl/α,β-unsaturated/α-hetero) is 1. The van der Waals surface area contributed by atoms with Crippen LogP contribution in [0.5, 0.6) is 0 Å². The standard InChI is InChI=1S/C24H29ClO4/c1-12(26)24(29-13(2)27)8-6-16-14-10-20(25)19-11-21(28)15-9-18(15)23(19,4)17(14)5-7-22(16,24)3/h10-11,14-18H,5-9H2,1-4H3/t14-,15+,16-,17-,18+,22+,23+,24-/m1/s1. The monoisotopic (exact) mass is 416 g/mol. The van der Waals surface area contributed by atoms with Crippen molar-refractivity contribution in [3.63, 3.8) is 0 Å². The summed E-state index contributed by atoms with van der Waals surface area (Å²) >= 11 is 6.79. The van der Waals surface area contributed by atoms with Crippen LogP contribution in [0.15, 0.2) is 22.8 Å². The molecule has 0 N–H and O–H groups in total. The molecule has 5 rings (SSSR count). The molecule has 0 bridgehead atoms. The van der Waals surface area contributed by atoms with Crippen molar-refractivity contribution in [3.8, 4) is 0 Å². The van der Waals surface area contributed by atoms with Crippen molar-refractivity contribution in [2.45, 2.75) is 65.4 Å². The molecule has 5 aliphatic rings. The van der Waals surface area contributed by atoms with Crippen LogP contribution in [-0.4, -0.2) is 23.1 Å². The molecule has 8 atom stereocenters. The van der Waals surface area contributed by atoms with E-state index in [9.17, 15) is 14.4 Å². The topological polar surface area (TPSA) is 60.4 Å². The first-order chi connectivity index (χ1) is 13.6. The SMILES string of the molecule is CC(=O)O[C@@]1(C(C)=O)CC[C@@H]2[C@H]3C=C(Cl)C4=CC(=O)[C@H]5C[C@@H]5[C@]4(C)[C@@H]3CC[C@@]21C. The number of rotatable bonds is 2. The van der Waals surface area contributed by atoms with Crippen LogP contribution in [0.25, 0.3) is 0 Å². The lowest BCUT2D eigenvalue weighted by molar-refractivity contribution is -0.185. The number of hydrogen-bond acceptors (Lipinski definition) is 4. The van der Waals surface area contributed by atoms with Gasteiger partial charge >= 0.3 is 5.97 Å². The number of carbonyl (C=O) groups excluding carboxylic acids is 3. The maximum Gasteiger partial charge on any atom is 0.303 e. The Morgan fingerprint density at radius 3 is 2.45 bits per heavy atom. The Bertz CT molecular complexity index is 903. The molecule has 0 aromatic rings.